The van der Waals surface area contributed by atoms with E-state index in [0.717, 1.165) is 41.4 Å². The number of nitrogens with zero attached hydrogens (tertiary/aromatic N) is 2. The van der Waals surface area contributed by atoms with Gasteiger partial charge in [0.05, 0.1) is 22.2 Å². The van der Waals surface area contributed by atoms with Gasteiger partial charge in [0, 0.05) is 38.3 Å². The molecule has 0 amide bonds. The van der Waals surface area contributed by atoms with Crippen LogP contribution in [0.1, 0.15) is 123 Å². The number of unbranched alkanes of at least 4 members (excludes halogenated alkanes) is 1. The van der Waals surface area contributed by atoms with Crippen molar-refractivity contribution in [3.05, 3.63) is 221 Å². The van der Waals surface area contributed by atoms with Gasteiger partial charge in [-0.25, -0.2) is 0 Å². The van der Waals surface area contributed by atoms with Crippen molar-refractivity contribution in [2.24, 2.45) is 5.92 Å². The summed E-state index contributed by atoms with van der Waals surface area (Å²) >= 11 is 0. The summed E-state index contributed by atoms with van der Waals surface area (Å²) in [7, 11) is 0. The molecule has 3 aliphatic carbocycles. The van der Waals surface area contributed by atoms with Gasteiger partial charge in [-0.2, -0.15) is 0 Å². The van der Waals surface area contributed by atoms with Gasteiger partial charge in [-0.05, 0) is 143 Å². The van der Waals surface area contributed by atoms with Gasteiger partial charge < -0.3 is 9.30 Å². The van der Waals surface area contributed by atoms with Crippen LogP contribution in [0.3, 0.4) is 0 Å². The van der Waals surface area contributed by atoms with Gasteiger partial charge >= 0.3 is 0 Å². The second-order valence-corrected chi connectivity index (χ2v) is 20.3. The fourth-order valence-corrected chi connectivity index (χ4v) is 11.6. The number of rotatable bonds is 8. The lowest BCUT2D eigenvalue weighted by Gasteiger charge is -2.27. The molecule has 0 aliphatic heterocycles. The molecule has 2 heterocycles. The van der Waals surface area contributed by atoms with Crippen LogP contribution in [-0.2, 0) is 11.8 Å². The van der Waals surface area contributed by atoms with Crippen molar-refractivity contribution in [2.75, 3.05) is 4.90 Å². The maximum absolute atomic E-state index is 4.36. The quantitative estimate of drug-likeness (QED) is 0.138. The van der Waals surface area contributed by atoms with Crippen LogP contribution >= 0.6 is 0 Å². The highest BCUT2D eigenvalue weighted by Gasteiger charge is 2.37. The largest absolute Gasteiger partial charge is 0.308 e. The fraction of sp³-hybridized carbons (Fsp3) is 0.239. The zero-order valence-electron chi connectivity index (χ0n) is 45.1. The summed E-state index contributed by atoms with van der Waals surface area (Å²) < 4.78 is 2.47. The lowest BCUT2D eigenvalue weighted by molar-refractivity contribution is 0.662. The number of fused-ring (bicyclic) bond motifs is 10. The maximum atomic E-state index is 4.36. The molecule has 73 heavy (non-hydrogen) atoms. The van der Waals surface area contributed by atoms with Crippen molar-refractivity contribution < 1.29 is 0 Å². The van der Waals surface area contributed by atoms with E-state index in [2.05, 4.69) is 246 Å². The summed E-state index contributed by atoms with van der Waals surface area (Å²) in [4.78, 5) is 2.45. The van der Waals surface area contributed by atoms with Crippen LogP contribution in [0.15, 0.2) is 188 Å². The molecule has 9 aromatic rings. The third kappa shape index (κ3) is 9.11. The minimum absolute atomic E-state index is 0.101. The summed E-state index contributed by atoms with van der Waals surface area (Å²) in [5.41, 5.74) is 24.3. The number of anilines is 3. The van der Waals surface area contributed by atoms with Crippen molar-refractivity contribution in [3.8, 4) is 33.4 Å². The molecule has 368 valence electrons. The predicted molar refractivity (Wildman–Crippen MR) is 322 cm³/mol. The van der Waals surface area contributed by atoms with E-state index in [-0.39, 0.29) is 5.41 Å². The molecule has 0 radical (unpaired) electrons. The van der Waals surface area contributed by atoms with E-state index >= 15 is 0 Å². The average Bonchev–Trinajstić information content (AvgIpc) is 4.15. The fourth-order valence-electron chi connectivity index (χ4n) is 11.6. The number of benzene rings is 7. The standard InChI is InChI=1S/C59H46N2.C6H12.C4H10.C2H6/c1-5-44-49-18-10-12-23-54(49)61-57(44)45(6-2)51-21-14-24-55(58(51)61)60(42-31-27-37(28-32-42)39-25-26-41-35-40-15-7-8-16-46(40)52(41)36-39)43-33-29-38(30-34-43)47-19-13-20-50-48-17-9-11-22-53(48)59(3,4)56(47)50;1-4-5-6(2)3;1-3-4-2;1-2/h5-6,8-14,16-34,36H,2,7,15,35H2,1,3-4H3;4-6H,1-3H3;3-4H2,1-2H3;1-2H3/b44-5-;5-4-;;. The first kappa shape index (κ1) is 50.5. The SMILES string of the molecule is C/C=C\C(C)C.C=Cc1c2cccc(N(c3ccc(-c4ccc5c(c4)C4=C(CCC=C4)C5)cc3)c3ccc(-c4cccc5c4C(C)(C)c4ccccc4-5)cc3)c2n2c1/c(=C\C)c1ccccc12.CC.CCCC. The molecule has 2 heteroatoms. The van der Waals surface area contributed by atoms with Gasteiger partial charge in [0.25, 0.3) is 0 Å². The monoisotopic (exact) mass is 955 g/mol. The number of hydrogen-bond donors (Lipinski definition) is 0. The zero-order valence-corrected chi connectivity index (χ0v) is 45.1. The molecule has 0 atom stereocenters. The normalized spacial score (nSPS) is 14.0. The zero-order chi connectivity index (χ0) is 51.4. The Labute approximate surface area is 436 Å². The Morgan fingerprint density at radius 1 is 0.658 bits per heavy atom. The second kappa shape index (κ2) is 21.7. The third-order valence-electron chi connectivity index (χ3n) is 15.1. The Morgan fingerprint density at radius 2 is 1.29 bits per heavy atom. The smallest absolute Gasteiger partial charge is 0.0782 e. The van der Waals surface area contributed by atoms with Gasteiger partial charge in [0.2, 0.25) is 0 Å². The van der Waals surface area contributed by atoms with Crippen LogP contribution < -0.4 is 10.1 Å². The van der Waals surface area contributed by atoms with Crippen molar-refractivity contribution in [2.45, 2.75) is 107 Å². The first-order chi connectivity index (χ1) is 35.6. The van der Waals surface area contributed by atoms with Crippen molar-refractivity contribution in [3.63, 3.8) is 0 Å². The highest BCUT2D eigenvalue weighted by Crippen LogP contribution is 2.52. The van der Waals surface area contributed by atoms with Crippen LogP contribution in [0.25, 0.3) is 78.4 Å². The lowest BCUT2D eigenvalue weighted by atomic mass is 9.79. The lowest BCUT2D eigenvalue weighted by Crippen LogP contribution is -2.16. The van der Waals surface area contributed by atoms with Crippen LogP contribution in [0.5, 0.6) is 0 Å². The molecule has 0 N–H and O–H groups in total. The Balaban J connectivity index is 0.000000497. The number of hydrogen-bond acceptors (Lipinski definition) is 1. The molecule has 0 unspecified atom stereocenters. The summed E-state index contributed by atoms with van der Waals surface area (Å²) in [6.45, 7) is 26.0. The van der Waals surface area contributed by atoms with Crippen LogP contribution in [-0.4, -0.2) is 4.40 Å². The van der Waals surface area contributed by atoms with Crippen molar-refractivity contribution >= 4 is 62.1 Å². The minimum Gasteiger partial charge on any atom is -0.308 e. The molecule has 0 bridgehead atoms. The Kier molecular flexibility index (Phi) is 15.0. The topological polar surface area (TPSA) is 7.65 Å². The number of allylic oxidation sites excluding steroid dienone is 6. The summed E-state index contributed by atoms with van der Waals surface area (Å²) in [5.74, 6) is 0.718. The second-order valence-electron chi connectivity index (χ2n) is 20.3. The number of aromatic nitrogens is 1. The third-order valence-corrected chi connectivity index (χ3v) is 15.1. The molecule has 0 fully saturated rings. The molecule has 2 aromatic heterocycles. The van der Waals surface area contributed by atoms with E-state index in [1.54, 1.807) is 5.57 Å². The summed E-state index contributed by atoms with van der Waals surface area (Å²) in [6.07, 6.45) is 19.3. The predicted octanol–water partition coefficient (Wildman–Crippen LogP) is 20.2. The molecule has 0 saturated heterocycles. The molecule has 12 rings (SSSR count). The molecule has 7 aromatic carbocycles. The highest BCUT2D eigenvalue weighted by atomic mass is 15.2. The van der Waals surface area contributed by atoms with Gasteiger partial charge in [-0.3, -0.25) is 0 Å². The Morgan fingerprint density at radius 3 is 1.96 bits per heavy atom. The van der Waals surface area contributed by atoms with E-state index in [1.165, 1.54) is 113 Å². The first-order valence-electron chi connectivity index (χ1n) is 27.1. The van der Waals surface area contributed by atoms with Gasteiger partial charge in [-0.15, -0.1) is 0 Å². The molecular formula is C71H74N2. The molecular weight excluding hydrogens is 881 g/mol. The molecule has 0 spiro atoms. The first-order valence-corrected chi connectivity index (χ1v) is 27.1. The summed E-state index contributed by atoms with van der Waals surface area (Å²) in [5, 5.41) is 3.69. The van der Waals surface area contributed by atoms with E-state index in [0.29, 0.717) is 0 Å². The van der Waals surface area contributed by atoms with E-state index in [1.807, 2.05) is 26.8 Å². The number of para-hydroxylation sites is 2. The van der Waals surface area contributed by atoms with Crippen LogP contribution in [0, 0.1) is 5.92 Å². The van der Waals surface area contributed by atoms with Gasteiger partial charge in [0.1, 0.15) is 0 Å². The Hall–Kier alpha value is -7.42. The van der Waals surface area contributed by atoms with Gasteiger partial charge in [-0.1, -0.05) is 226 Å². The van der Waals surface area contributed by atoms with Gasteiger partial charge in [0.15, 0.2) is 0 Å². The van der Waals surface area contributed by atoms with Crippen molar-refractivity contribution in [1.82, 2.24) is 4.40 Å². The Bertz CT molecular complexity index is 3600. The molecule has 2 nitrogen and oxygen atoms in total. The van der Waals surface area contributed by atoms with E-state index in [4.69, 9.17) is 0 Å². The summed E-state index contributed by atoms with van der Waals surface area (Å²) in [6, 6.07) is 56.8. The minimum atomic E-state index is -0.101. The molecule has 0 saturated carbocycles. The van der Waals surface area contributed by atoms with E-state index in [9.17, 15) is 0 Å². The highest BCUT2D eigenvalue weighted by molar-refractivity contribution is 6.11. The molecule has 3 aliphatic rings. The maximum Gasteiger partial charge on any atom is 0.0782 e. The van der Waals surface area contributed by atoms with Crippen LogP contribution in [0.2, 0.25) is 0 Å². The van der Waals surface area contributed by atoms with E-state index < -0.39 is 0 Å². The van der Waals surface area contributed by atoms with Crippen LogP contribution in [0.4, 0.5) is 17.1 Å². The average molecular weight is 955 g/mol. The van der Waals surface area contributed by atoms with Crippen molar-refractivity contribution in [1.29, 1.82) is 0 Å².